The summed E-state index contributed by atoms with van der Waals surface area (Å²) >= 11 is 0. The van der Waals surface area contributed by atoms with Gasteiger partial charge in [0.05, 0.1) is 52.9 Å². The quantitative estimate of drug-likeness (QED) is 0.537. The van der Waals surface area contributed by atoms with E-state index in [4.69, 9.17) is 33.2 Å². The van der Waals surface area contributed by atoms with Gasteiger partial charge in [0.15, 0.2) is 0 Å². The van der Waals surface area contributed by atoms with Crippen LogP contribution in [-0.4, -0.2) is 94.4 Å². The molecule has 11 heteroatoms. The number of benzene rings is 2. The average molecular weight is 588 g/mol. The van der Waals surface area contributed by atoms with Gasteiger partial charge in [0.2, 0.25) is 0 Å². The number of alkyl carbamates (subject to hydrolysis) is 1. The van der Waals surface area contributed by atoms with Crippen molar-refractivity contribution < 1.29 is 47.9 Å². The molecule has 0 spiro atoms. The first kappa shape index (κ1) is 31.6. The van der Waals surface area contributed by atoms with E-state index in [1.54, 1.807) is 20.8 Å². The molecular weight excluding hydrogens is 546 g/mol. The number of hydrogen-bond acceptors (Lipinski definition) is 9. The minimum atomic E-state index is -1.68. The molecule has 1 aliphatic carbocycles. The highest BCUT2D eigenvalue weighted by Gasteiger charge is 2.45. The zero-order valence-corrected chi connectivity index (χ0v) is 24.6. The molecule has 0 unspecified atom stereocenters. The molecule has 4 rings (SSSR count). The van der Waals surface area contributed by atoms with Gasteiger partial charge < -0.3 is 43.6 Å². The lowest BCUT2D eigenvalue weighted by Gasteiger charge is -2.31. The second kappa shape index (κ2) is 14.7. The summed E-state index contributed by atoms with van der Waals surface area (Å²) in [5.74, 6) is -0.0507. The third-order valence-electron chi connectivity index (χ3n) is 6.70. The molecule has 1 amide bonds. The molecule has 2 aromatic carbocycles. The largest absolute Gasteiger partial charge is 0.491 e. The molecule has 0 saturated carbocycles. The number of carbonyl (C=O) groups excluding carboxylic acids is 1. The zero-order chi connectivity index (χ0) is 30.0. The number of rotatable bonds is 2. The lowest BCUT2D eigenvalue weighted by Crippen LogP contribution is -2.58. The highest BCUT2D eigenvalue weighted by molar-refractivity contribution is 5.90. The van der Waals surface area contributed by atoms with Crippen LogP contribution in [0.15, 0.2) is 36.4 Å². The number of aliphatic carboxylic acids is 1. The van der Waals surface area contributed by atoms with Crippen molar-refractivity contribution in [3.63, 3.8) is 0 Å². The van der Waals surface area contributed by atoms with E-state index >= 15 is 0 Å². The highest BCUT2D eigenvalue weighted by atomic mass is 16.6. The van der Waals surface area contributed by atoms with Gasteiger partial charge in [-0.15, -0.1) is 0 Å². The molecule has 0 radical (unpaired) electrons. The van der Waals surface area contributed by atoms with Crippen LogP contribution in [0.3, 0.4) is 0 Å². The Labute approximate surface area is 246 Å². The summed E-state index contributed by atoms with van der Waals surface area (Å²) < 4.78 is 40.2. The fraction of sp³-hybridized carbons (Fsp3) is 0.548. The standard InChI is InChI=1S/C31H41NO10/c1-30(2,3)42-29(35)32-31(28(33)34)20-22-6-4-8-24-26(22)27-23(21-31)7-5-9-25(27)41-19-17-39-15-13-37-11-10-36-12-14-38-16-18-40-24/h4-9H,10-21H2,1-3H3,(H,32,35)(H,33,34). The van der Waals surface area contributed by atoms with Crippen molar-refractivity contribution >= 4 is 12.1 Å². The van der Waals surface area contributed by atoms with Gasteiger partial charge in [0, 0.05) is 24.0 Å². The molecule has 0 bridgehead atoms. The van der Waals surface area contributed by atoms with Crippen molar-refractivity contribution in [2.24, 2.45) is 0 Å². The molecule has 1 heterocycles. The normalized spacial score (nSPS) is 18.6. The Hall–Kier alpha value is -3.38. The summed E-state index contributed by atoms with van der Waals surface area (Å²) in [6, 6.07) is 11.0. The van der Waals surface area contributed by atoms with E-state index < -0.39 is 23.2 Å². The molecule has 11 nitrogen and oxygen atoms in total. The topological polar surface area (TPSA) is 131 Å². The third kappa shape index (κ3) is 8.57. The van der Waals surface area contributed by atoms with Crippen molar-refractivity contribution in [2.45, 2.75) is 44.8 Å². The van der Waals surface area contributed by atoms with E-state index in [2.05, 4.69) is 5.32 Å². The predicted octanol–water partition coefficient (Wildman–Crippen LogP) is 3.64. The Bertz CT molecular complexity index is 1140. The van der Waals surface area contributed by atoms with Crippen molar-refractivity contribution in [2.75, 3.05) is 66.1 Å². The van der Waals surface area contributed by atoms with Crippen molar-refractivity contribution in [1.82, 2.24) is 5.32 Å². The molecule has 0 saturated heterocycles. The summed E-state index contributed by atoms with van der Waals surface area (Å²) in [4.78, 5) is 25.8. The van der Waals surface area contributed by atoms with Crippen LogP contribution in [0.5, 0.6) is 11.5 Å². The molecule has 1 aliphatic heterocycles. The molecule has 2 aliphatic rings. The number of carboxylic acids is 1. The summed E-state index contributed by atoms with van der Waals surface area (Å²) in [6.07, 6.45) is -0.806. The van der Waals surface area contributed by atoms with Gasteiger partial charge in [-0.3, -0.25) is 0 Å². The van der Waals surface area contributed by atoms with E-state index in [-0.39, 0.29) is 26.1 Å². The van der Waals surface area contributed by atoms with E-state index in [1.165, 1.54) is 0 Å². The van der Waals surface area contributed by atoms with Gasteiger partial charge >= 0.3 is 12.1 Å². The second-order valence-electron chi connectivity index (χ2n) is 11.1. The summed E-state index contributed by atoms with van der Waals surface area (Å²) in [5.41, 5.74) is 0.314. The van der Waals surface area contributed by atoms with Crippen molar-refractivity contribution in [3.8, 4) is 22.6 Å². The van der Waals surface area contributed by atoms with E-state index in [9.17, 15) is 14.7 Å². The Morgan fingerprint density at radius 1 is 0.714 bits per heavy atom. The predicted molar refractivity (Wildman–Crippen MR) is 153 cm³/mol. The van der Waals surface area contributed by atoms with Crippen LogP contribution in [0.4, 0.5) is 4.79 Å². The van der Waals surface area contributed by atoms with Crippen LogP contribution in [-0.2, 0) is 41.3 Å². The first-order valence-corrected chi connectivity index (χ1v) is 14.2. The fourth-order valence-corrected chi connectivity index (χ4v) is 4.94. The number of carboxylic acid groups (broad SMARTS) is 1. The zero-order valence-electron chi connectivity index (χ0n) is 24.6. The molecule has 2 aromatic rings. The number of ether oxygens (including phenoxy) is 7. The Balaban J connectivity index is 1.72. The maximum atomic E-state index is 12.9. The highest BCUT2D eigenvalue weighted by Crippen LogP contribution is 2.46. The maximum Gasteiger partial charge on any atom is 0.408 e. The van der Waals surface area contributed by atoms with Crippen molar-refractivity contribution in [3.05, 3.63) is 47.5 Å². The third-order valence-corrected chi connectivity index (χ3v) is 6.70. The maximum absolute atomic E-state index is 12.9. The Kier molecular flexibility index (Phi) is 11.0. The summed E-state index contributed by atoms with van der Waals surface area (Å²) in [6.45, 7) is 9.05. The van der Waals surface area contributed by atoms with Gasteiger partial charge in [-0.25, -0.2) is 9.59 Å². The minimum Gasteiger partial charge on any atom is -0.491 e. The average Bonchev–Trinajstić information content (AvgIpc) is 3.06. The van der Waals surface area contributed by atoms with Crippen LogP contribution in [0.1, 0.15) is 31.9 Å². The van der Waals surface area contributed by atoms with Crippen LogP contribution in [0, 0.1) is 0 Å². The van der Waals surface area contributed by atoms with Crippen LogP contribution >= 0.6 is 0 Å². The van der Waals surface area contributed by atoms with Crippen LogP contribution in [0.25, 0.3) is 11.1 Å². The number of nitrogens with one attached hydrogen (secondary N) is 1. The monoisotopic (exact) mass is 587 g/mol. The van der Waals surface area contributed by atoms with Crippen LogP contribution in [0.2, 0.25) is 0 Å². The molecule has 0 aromatic heterocycles. The molecule has 0 fully saturated rings. The Morgan fingerprint density at radius 2 is 1.12 bits per heavy atom. The van der Waals surface area contributed by atoms with E-state index in [0.29, 0.717) is 86.6 Å². The second-order valence-corrected chi connectivity index (χ2v) is 11.1. The molecule has 0 atom stereocenters. The number of hydrogen-bond donors (Lipinski definition) is 2. The molecule has 2 N–H and O–H groups in total. The van der Waals surface area contributed by atoms with Gasteiger partial charge in [-0.1, -0.05) is 24.3 Å². The van der Waals surface area contributed by atoms with Gasteiger partial charge in [-0.2, -0.15) is 0 Å². The number of carbonyl (C=O) groups is 2. The van der Waals surface area contributed by atoms with Crippen LogP contribution < -0.4 is 14.8 Å². The summed E-state index contributed by atoms with van der Waals surface area (Å²) in [7, 11) is 0. The molecule has 42 heavy (non-hydrogen) atoms. The first-order chi connectivity index (χ1) is 20.2. The van der Waals surface area contributed by atoms with E-state index in [1.807, 2.05) is 36.4 Å². The Morgan fingerprint density at radius 3 is 1.50 bits per heavy atom. The SMILES string of the molecule is CC(C)(C)OC(=O)NC1(C(=O)O)Cc2cccc3c2-c2c(cccc2OCCOCCOCCOCCOCCO3)C1. The molecular formula is C31H41NO10. The van der Waals surface area contributed by atoms with Gasteiger partial charge in [-0.05, 0) is 44.0 Å². The summed E-state index contributed by atoms with van der Waals surface area (Å²) in [5, 5.41) is 13.2. The van der Waals surface area contributed by atoms with E-state index in [0.717, 1.165) is 0 Å². The lowest BCUT2D eigenvalue weighted by molar-refractivity contribution is -0.144. The number of amides is 1. The minimum absolute atomic E-state index is 0.000814. The smallest absolute Gasteiger partial charge is 0.408 e. The molecule has 230 valence electrons. The first-order valence-electron chi connectivity index (χ1n) is 14.2. The van der Waals surface area contributed by atoms with Gasteiger partial charge in [0.25, 0.3) is 0 Å². The van der Waals surface area contributed by atoms with Crippen molar-refractivity contribution in [1.29, 1.82) is 0 Å². The fourth-order valence-electron chi connectivity index (χ4n) is 4.94. The van der Waals surface area contributed by atoms with Gasteiger partial charge in [0.1, 0.15) is 35.9 Å². The lowest BCUT2D eigenvalue weighted by atomic mass is 9.86.